The van der Waals surface area contributed by atoms with E-state index in [2.05, 4.69) is 10.3 Å². The number of nitrogens with zero attached hydrogens (tertiary/aromatic N) is 1. The molecule has 0 spiro atoms. The first kappa shape index (κ1) is 14.0. The van der Waals surface area contributed by atoms with Crippen LogP contribution in [0.2, 0.25) is 0 Å². The van der Waals surface area contributed by atoms with Crippen molar-refractivity contribution in [2.45, 2.75) is 6.18 Å². The lowest BCUT2D eigenvalue weighted by molar-refractivity contribution is -0.137. The van der Waals surface area contributed by atoms with Crippen LogP contribution in [0, 0.1) is 5.82 Å². The summed E-state index contributed by atoms with van der Waals surface area (Å²) in [7, 11) is 0. The molecular weight excluding hydrogens is 276 g/mol. The molecule has 0 atom stereocenters. The molecule has 20 heavy (non-hydrogen) atoms. The Morgan fingerprint density at radius 1 is 1.15 bits per heavy atom. The molecule has 0 saturated carbocycles. The molecule has 0 fully saturated rings. The highest BCUT2D eigenvalue weighted by atomic mass is 19.4. The number of hydrogen-bond acceptors (Lipinski definition) is 2. The molecular formula is C13H8F4N2O. The van der Waals surface area contributed by atoms with Crippen molar-refractivity contribution < 1.29 is 22.4 Å². The molecule has 1 heterocycles. The average Bonchev–Trinajstić information content (AvgIpc) is 2.41. The number of anilines is 1. The Morgan fingerprint density at radius 2 is 1.90 bits per heavy atom. The van der Waals surface area contributed by atoms with E-state index in [-0.39, 0.29) is 5.69 Å². The van der Waals surface area contributed by atoms with Crippen LogP contribution in [0.15, 0.2) is 42.6 Å². The number of carbonyl (C=O) groups excluding carboxylic acids is 1. The Bertz CT molecular complexity index is 626. The first-order valence-corrected chi connectivity index (χ1v) is 5.47. The summed E-state index contributed by atoms with van der Waals surface area (Å²) in [5.74, 6) is -1.74. The molecule has 0 aliphatic rings. The van der Waals surface area contributed by atoms with E-state index in [0.717, 1.165) is 0 Å². The van der Waals surface area contributed by atoms with Gasteiger partial charge in [-0.25, -0.2) is 4.39 Å². The van der Waals surface area contributed by atoms with Gasteiger partial charge in [-0.2, -0.15) is 13.2 Å². The molecule has 0 saturated heterocycles. The van der Waals surface area contributed by atoms with E-state index in [1.807, 2.05) is 0 Å². The van der Waals surface area contributed by atoms with Crippen molar-refractivity contribution in [3.63, 3.8) is 0 Å². The van der Waals surface area contributed by atoms with Crippen LogP contribution in [-0.2, 0) is 6.18 Å². The number of carbonyl (C=O) groups is 1. The summed E-state index contributed by atoms with van der Waals surface area (Å²) in [5, 5.41) is 2.06. The number of benzene rings is 1. The maximum atomic E-state index is 13.4. The second kappa shape index (κ2) is 5.28. The number of pyridine rings is 1. The molecule has 1 aromatic heterocycles. The van der Waals surface area contributed by atoms with Gasteiger partial charge in [0.05, 0.1) is 11.3 Å². The maximum Gasteiger partial charge on any atom is 0.416 e. The highest BCUT2D eigenvalue weighted by Crippen LogP contribution is 2.31. The van der Waals surface area contributed by atoms with Gasteiger partial charge in [0.1, 0.15) is 11.5 Å². The van der Waals surface area contributed by atoms with Crippen molar-refractivity contribution in [2.24, 2.45) is 0 Å². The van der Waals surface area contributed by atoms with Crippen LogP contribution >= 0.6 is 0 Å². The Hall–Kier alpha value is -2.44. The third-order valence-electron chi connectivity index (χ3n) is 2.44. The monoisotopic (exact) mass is 284 g/mol. The second-order valence-corrected chi connectivity index (χ2v) is 3.86. The summed E-state index contributed by atoms with van der Waals surface area (Å²) in [6.45, 7) is 0. The van der Waals surface area contributed by atoms with E-state index in [1.165, 1.54) is 18.3 Å². The number of amides is 1. The van der Waals surface area contributed by atoms with Gasteiger partial charge in [-0.05, 0) is 30.3 Å². The smallest absolute Gasteiger partial charge is 0.318 e. The standard InChI is InChI=1S/C13H8F4N2O/c14-9-5-4-8(13(15,16)17)7-11(9)19-12(20)10-3-1-2-6-18-10/h1-7H,(H,19,20). The zero-order valence-electron chi connectivity index (χ0n) is 9.91. The van der Waals surface area contributed by atoms with Gasteiger partial charge < -0.3 is 5.32 Å². The van der Waals surface area contributed by atoms with Gasteiger partial charge in [0.15, 0.2) is 0 Å². The van der Waals surface area contributed by atoms with E-state index in [4.69, 9.17) is 0 Å². The fourth-order valence-electron chi connectivity index (χ4n) is 1.48. The number of hydrogen-bond donors (Lipinski definition) is 1. The van der Waals surface area contributed by atoms with Gasteiger partial charge in [-0.3, -0.25) is 9.78 Å². The molecule has 7 heteroatoms. The number of halogens is 4. The van der Waals surface area contributed by atoms with E-state index < -0.39 is 29.2 Å². The molecule has 1 amide bonds. The van der Waals surface area contributed by atoms with Crippen LogP contribution in [0.5, 0.6) is 0 Å². The first-order valence-electron chi connectivity index (χ1n) is 5.47. The summed E-state index contributed by atoms with van der Waals surface area (Å²) in [4.78, 5) is 15.4. The van der Waals surface area contributed by atoms with Gasteiger partial charge in [0, 0.05) is 6.20 Å². The second-order valence-electron chi connectivity index (χ2n) is 3.86. The predicted octanol–water partition coefficient (Wildman–Crippen LogP) is 3.49. The highest BCUT2D eigenvalue weighted by Gasteiger charge is 2.31. The average molecular weight is 284 g/mol. The SMILES string of the molecule is O=C(Nc1cc(C(F)(F)F)ccc1F)c1ccccn1. The third kappa shape index (κ3) is 3.11. The normalized spacial score (nSPS) is 11.2. The van der Waals surface area contributed by atoms with E-state index in [9.17, 15) is 22.4 Å². The quantitative estimate of drug-likeness (QED) is 0.858. The predicted molar refractivity (Wildman–Crippen MR) is 63.6 cm³/mol. The lowest BCUT2D eigenvalue weighted by Gasteiger charge is -2.10. The van der Waals surface area contributed by atoms with Crippen LogP contribution in [-0.4, -0.2) is 10.9 Å². The molecule has 0 radical (unpaired) electrons. The number of nitrogens with one attached hydrogen (secondary N) is 1. The van der Waals surface area contributed by atoms with Crippen molar-refractivity contribution in [1.82, 2.24) is 4.98 Å². The Labute approximate surface area is 111 Å². The van der Waals surface area contributed by atoms with Crippen LogP contribution in [0.3, 0.4) is 0 Å². The van der Waals surface area contributed by atoms with E-state index >= 15 is 0 Å². The zero-order chi connectivity index (χ0) is 14.8. The molecule has 0 aliphatic carbocycles. The minimum absolute atomic E-state index is 0.0238. The molecule has 104 valence electrons. The first-order chi connectivity index (χ1) is 9.38. The van der Waals surface area contributed by atoms with Crippen LogP contribution in [0.1, 0.15) is 16.1 Å². The topological polar surface area (TPSA) is 42.0 Å². The maximum absolute atomic E-state index is 13.4. The molecule has 3 nitrogen and oxygen atoms in total. The fraction of sp³-hybridized carbons (Fsp3) is 0.0769. The summed E-state index contributed by atoms with van der Waals surface area (Å²) in [5.41, 5.74) is -1.62. The lowest BCUT2D eigenvalue weighted by Crippen LogP contribution is -2.15. The van der Waals surface area contributed by atoms with Crippen LogP contribution in [0.4, 0.5) is 23.2 Å². The fourth-order valence-corrected chi connectivity index (χ4v) is 1.48. The molecule has 2 aromatic rings. The number of alkyl halides is 3. The van der Waals surface area contributed by atoms with Crippen molar-refractivity contribution in [3.05, 3.63) is 59.7 Å². The minimum Gasteiger partial charge on any atom is -0.318 e. The Morgan fingerprint density at radius 3 is 2.50 bits per heavy atom. The van der Waals surface area contributed by atoms with Gasteiger partial charge >= 0.3 is 6.18 Å². The minimum atomic E-state index is -4.61. The number of rotatable bonds is 2. The van der Waals surface area contributed by atoms with Crippen molar-refractivity contribution in [3.8, 4) is 0 Å². The molecule has 2 rings (SSSR count). The number of aromatic nitrogens is 1. The Kier molecular flexibility index (Phi) is 3.69. The van der Waals surface area contributed by atoms with Gasteiger partial charge in [-0.1, -0.05) is 6.07 Å². The summed E-state index contributed by atoms with van der Waals surface area (Å²) >= 11 is 0. The van der Waals surface area contributed by atoms with Crippen molar-refractivity contribution in [1.29, 1.82) is 0 Å². The van der Waals surface area contributed by atoms with E-state index in [0.29, 0.717) is 18.2 Å². The third-order valence-corrected chi connectivity index (χ3v) is 2.44. The molecule has 1 N–H and O–H groups in total. The summed E-state index contributed by atoms with van der Waals surface area (Å²) < 4.78 is 51.0. The van der Waals surface area contributed by atoms with Gasteiger partial charge in [-0.15, -0.1) is 0 Å². The molecule has 0 unspecified atom stereocenters. The van der Waals surface area contributed by atoms with Crippen molar-refractivity contribution >= 4 is 11.6 Å². The van der Waals surface area contributed by atoms with Crippen LogP contribution < -0.4 is 5.32 Å². The zero-order valence-corrected chi connectivity index (χ0v) is 9.91. The lowest BCUT2D eigenvalue weighted by atomic mass is 10.2. The van der Waals surface area contributed by atoms with Crippen molar-refractivity contribution in [2.75, 3.05) is 5.32 Å². The largest absolute Gasteiger partial charge is 0.416 e. The van der Waals surface area contributed by atoms with Crippen LogP contribution in [0.25, 0.3) is 0 Å². The van der Waals surface area contributed by atoms with E-state index in [1.54, 1.807) is 6.07 Å². The molecule has 0 aliphatic heterocycles. The summed E-state index contributed by atoms with van der Waals surface area (Å²) in [6.07, 6.45) is -3.27. The molecule has 1 aromatic carbocycles. The Balaban J connectivity index is 2.27. The van der Waals surface area contributed by atoms with Gasteiger partial charge in [0.25, 0.3) is 5.91 Å². The highest BCUT2D eigenvalue weighted by molar-refractivity contribution is 6.02. The van der Waals surface area contributed by atoms with Gasteiger partial charge in [0.2, 0.25) is 0 Å². The molecule has 0 bridgehead atoms. The summed E-state index contributed by atoms with van der Waals surface area (Å²) in [6, 6.07) is 6.26.